The van der Waals surface area contributed by atoms with Gasteiger partial charge in [0.25, 0.3) is 5.91 Å². The summed E-state index contributed by atoms with van der Waals surface area (Å²) >= 11 is 0. The highest BCUT2D eigenvalue weighted by atomic mass is 16.5. The van der Waals surface area contributed by atoms with Gasteiger partial charge >= 0.3 is 0 Å². The van der Waals surface area contributed by atoms with Crippen molar-refractivity contribution in [1.82, 2.24) is 15.1 Å². The summed E-state index contributed by atoms with van der Waals surface area (Å²) in [6.45, 7) is 1.25. The fourth-order valence-electron chi connectivity index (χ4n) is 2.96. The summed E-state index contributed by atoms with van der Waals surface area (Å²) in [7, 11) is 0. The van der Waals surface area contributed by atoms with Gasteiger partial charge in [0, 0.05) is 6.54 Å². The van der Waals surface area contributed by atoms with Crippen molar-refractivity contribution >= 4 is 11.6 Å². The number of carbonyl (C=O) groups is 1. The van der Waals surface area contributed by atoms with Crippen LogP contribution in [0.5, 0.6) is 0 Å². The number of amides is 1. The number of nitrogens with two attached hydrogens (primary N) is 1. The largest absolute Gasteiger partial charge is 0.396 e. The first-order valence-corrected chi connectivity index (χ1v) is 6.49. The first kappa shape index (κ1) is 11.5. The average molecular weight is 250 g/mol. The number of hydrogen-bond donors (Lipinski definition) is 2. The smallest absolute Gasteiger partial charge is 0.274 e. The molecule has 0 aromatic carbocycles. The molecule has 1 saturated heterocycles. The molecule has 2 heterocycles. The molecule has 3 rings (SSSR count). The van der Waals surface area contributed by atoms with Gasteiger partial charge in [-0.15, -0.1) is 0 Å². The van der Waals surface area contributed by atoms with E-state index in [1.165, 1.54) is 12.6 Å². The van der Waals surface area contributed by atoms with Crippen molar-refractivity contribution in [3.63, 3.8) is 0 Å². The highest BCUT2D eigenvalue weighted by Gasteiger charge is 2.37. The molecule has 0 spiro atoms. The van der Waals surface area contributed by atoms with Crippen LogP contribution in [-0.4, -0.2) is 46.3 Å². The Kier molecular flexibility index (Phi) is 2.95. The highest BCUT2D eigenvalue weighted by molar-refractivity contribution is 5.97. The maximum absolute atomic E-state index is 12.5. The molecule has 1 amide bonds. The van der Waals surface area contributed by atoms with Crippen LogP contribution in [0.15, 0.2) is 6.20 Å². The summed E-state index contributed by atoms with van der Waals surface area (Å²) in [5.74, 6) is -0.0507. The van der Waals surface area contributed by atoms with Gasteiger partial charge < -0.3 is 15.4 Å². The summed E-state index contributed by atoms with van der Waals surface area (Å²) < 4.78 is 5.76. The Labute approximate surface area is 105 Å². The molecule has 6 nitrogen and oxygen atoms in total. The van der Waals surface area contributed by atoms with E-state index in [0.29, 0.717) is 24.5 Å². The Morgan fingerprint density at radius 3 is 3.11 bits per heavy atom. The number of H-pyrrole nitrogens is 1. The number of aromatic nitrogens is 2. The molecule has 0 bridgehead atoms. The second-order valence-electron chi connectivity index (χ2n) is 4.96. The maximum Gasteiger partial charge on any atom is 0.274 e. The Morgan fingerprint density at radius 2 is 2.33 bits per heavy atom. The normalized spacial score (nSPS) is 27.9. The molecule has 3 N–H and O–H groups in total. The first-order chi connectivity index (χ1) is 8.77. The Morgan fingerprint density at radius 1 is 1.50 bits per heavy atom. The molecule has 1 saturated carbocycles. The lowest BCUT2D eigenvalue weighted by molar-refractivity contribution is -0.0754. The molecule has 1 aliphatic carbocycles. The molecule has 1 aromatic heterocycles. The van der Waals surface area contributed by atoms with Crippen LogP contribution in [0.3, 0.4) is 0 Å². The quantitative estimate of drug-likeness (QED) is 0.771. The molecule has 2 aliphatic rings. The van der Waals surface area contributed by atoms with Gasteiger partial charge in [0.1, 0.15) is 5.69 Å². The first-order valence-electron chi connectivity index (χ1n) is 6.49. The second kappa shape index (κ2) is 4.61. The zero-order valence-electron chi connectivity index (χ0n) is 10.3. The SMILES string of the molecule is Nc1cn[nH]c1C(=O)N1CCOC2CCCCC21. The number of aromatic amines is 1. The number of hydrogen-bond acceptors (Lipinski definition) is 4. The summed E-state index contributed by atoms with van der Waals surface area (Å²) in [5, 5.41) is 6.50. The van der Waals surface area contributed by atoms with Crippen LogP contribution in [0.1, 0.15) is 36.2 Å². The molecule has 1 aliphatic heterocycles. The topological polar surface area (TPSA) is 84.2 Å². The fourth-order valence-corrected chi connectivity index (χ4v) is 2.96. The number of anilines is 1. The molecule has 0 radical (unpaired) electrons. The third kappa shape index (κ3) is 1.86. The standard InChI is InChI=1S/C12H18N4O2/c13-8-7-14-15-11(8)12(17)16-5-6-18-10-4-2-1-3-9(10)16/h7,9-10H,1-6,13H2,(H,14,15). The molecule has 2 atom stereocenters. The Hall–Kier alpha value is -1.56. The van der Waals surface area contributed by atoms with E-state index in [9.17, 15) is 4.79 Å². The summed E-state index contributed by atoms with van der Waals surface area (Å²) in [5.41, 5.74) is 6.56. The van der Waals surface area contributed by atoms with E-state index in [-0.39, 0.29) is 18.1 Å². The van der Waals surface area contributed by atoms with E-state index in [1.807, 2.05) is 4.90 Å². The van der Waals surface area contributed by atoms with Crippen molar-refractivity contribution in [3.8, 4) is 0 Å². The lowest BCUT2D eigenvalue weighted by Gasteiger charge is -2.43. The number of morpholine rings is 1. The minimum Gasteiger partial charge on any atom is -0.396 e. The van der Waals surface area contributed by atoms with E-state index >= 15 is 0 Å². The number of rotatable bonds is 1. The summed E-state index contributed by atoms with van der Waals surface area (Å²) in [6.07, 6.45) is 6.09. The van der Waals surface area contributed by atoms with Gasteiger partial charge in [-0.3, -0.25) is 9.89 Å². The van der Waals surface area contributed by atoms with Crippen LogP contribution < -0.4 is 5.73 Å². The molecular formula is C12H18N4O2. The molecular weight excluding hydrogens is 232 g/mol. The van der Waals surface area contributed by atoms with Crippen molar-refractivity contribution in [3.05, 3.63) is 11.9 Å². The molecule has 2 unspecified atom stereocenters. The van der Waals surface area contributed by atoms with Gasteiger partial charge in [0.05, 0.1) is 30.6 Å². The lowest BCUT2D eigenvalue weighted by atomic mass is 9.90. The van der Waals surface area contributed by atoms with Gasteiger partial charge in [-0.1, -0.05) is 12.8 Å². The molecule has 18 heavy (non-hydrogen) atoms. The predicted molar refractivity (Wildman–Crippen MR) is 66.0 cm³/mol. The number of nitrogen functional groups attached to an aromatic ring is 1. The predicted octanol–water partition coefficient (Wildman–Crippen LogP) is 0.775. The van der Waals surface area contributed by atoms with Gasteiger partial charge in [0.2, 0.25) is 0 Å². The summed E-state index contributed by atoms with van der Waals surface area (Å²) in [6, 6.07) is 0.197. The van der Waals surface area contributed by atoms with Crippen molar-refractivity contribution < 1.29 is 9.53 Å². The van der Waals surface area contributed by atoms with E-state index in [2.05, 4.69) is 10.2 Å². The van der Waals surface area contributed by atoms with Crippen molar-refractivity contribution in [1.29, 1.82) is 0 Å². The lowest BCUT2D eigenvalue weighted by Crippen LogP contribution is -2.55. The van der Waals surface area contributed by atoms with E-state index in [1.54, 1.807) is 0 Å². The van der Waals surface area contributed by atoms with Crippen molar-refractivity contribution in [2.45, 2.75) is 37.8 Å². The number of carbonyl (C=O) groups excluding carboxylic acids is 1. The number of ether oxygens (including phenoxy) is 1. The molecule has 6 heteroatoms. The molecule has 2 fully saturated rings. The van der Waals surface area contributed by atoms with E-state index < -0.39 is 0 Å². The van der Waals surface area contributed by atoms with Gasteiger partial charge in [-0.05, 0) is 12.8 Å². The number of nitrogens with one attached hydrogen (secondary N) is 1. The fraction of sp³-hybridized carbons (Fsp3) is 0.667. The van der Waals surface area contributed by atoms with Crippen LogP contribution in [0.25, 0.3) is 0 Å². The molecule has 98 valence electrons. The molecule has 1 aromatic rings. The third-order valence-corrected chi connectivity index (χ3v) is 3.88. The van der Waals surface area contributed by atoms with Crippen LogP contribution in [0.4, 0.5) is 5.69 Å². The van der Waals surface area contributed by atoms with Crippen LogP contribution in [-0.2, 0) is 4.74 Å². The zero-order chi connectivity index (χ0) is 12.5. The third-order valence-electron chi connectivity index (χ3n) is 3.88. The van der Waals surface area contributed by atoms with Gasteiger partial charge in [-0.2, -0.15) is 5.10 Å². The average Bonchev–Trinajstić information content (AvgIpc) is 2.83. The van der Waals surface area contributed by atoms with Crippen LogP contribution in [0.2, 0.25) is 0 Å². The number of fused-ring (bicyclic) bond motifs is 1. The van der Waals surface area contributed by atoms with Crippen LogP contribution in [0, 0.1) is 0 Å². The maximum atomic E-state index is 12.5. The zero-order valence-corrected chi connectivity index (χ0v) is 10.3. The van der Waals surface area contributed by atoms with E-state index in [4.69, 9.17) is 10.5 Å². The number of nitrogens with zero attached hydrogens (tertiary/aromatic N) is 2. The van der Waals surface area contributed by atoms with Crippen molar-refractivity contribution in [2.75, 3.05) is 18.9 Å². The van der Waals surface area contributed by atoms with Gasteiger partial charge in [0.15, 0.2) is 0 Å². The van der Waals surface area contributed by atoms with E-state index in [0.717, 1.165) is 19.3 Å². The Bertz CT molecular complexity index is 443. The second-order valence-corrected chi connectivity index (χ2v) is 4.96. The highest BCUT2D eigenvalue weighted by Crippen LogP contribution is 2.29. The summed E-state index contributed by atoms with van der Waals surface area (Å²) in [4.78, 5) is 14.4. The Balaban J connectivity index is 1.82. The monoisotopic (exact) mass is 250 g/mol. The minimum absolute atomic E-state index is 0.0507. The van der Waals surface area contributed by atoms with Crippen LogP contribution >= 0.6 is 0 Å². The van der Waals surface area contributed by atoms with Crippen molar-refractivity contribution in [2.24, 2.45) is 0 Å². The van der Waals surface area contributed by atoms with Gasteiger partial charge in [-0.25, -0.2) is 0 Å². The minimum atomic E-state index is -0.0507.